The molecule has 22 heavy (non-hydrogen) atoms. The van der Waals surface area contributed by atoms with Crippen molar-refractivity contribution in [1.82, 2.24) is 4.72 Å². The van der Waals surface area contributed by atoms with E-state index in [0.717, 1.165) is 17.7 Å². The summed E-state index contributed by atoms with van der Waals surface area (Å²) in [4.78, 5) is 14.2. The van der Waals surface area contributed by atoms with Gasteiger partial charge in [0, 0.05) is 30.6 Å². The van der Waals surface area contributed by atoms with Gasteiger partial charge in [-0.15, -0.1) is 0 Å². The Bertz CT molecular complexity index is 681. The predicted octanol–water partition coefficient (Wildman–Crippen LogP) is 2.41. The van der Waals surface area contributed by atoms with E-state index in [4.69, 9.17) is 0 Å². The first-order chi connectivity index (χ1) is 10.2. The molecule has 2 rings (SSSR count). The van der Waals surface area contributed by atoms with E-state index >= 15 is 0 Å². The summed E-state index contributed by atoms with van der Waals surface area (Å²) < 4.78 is 27.2. The maximum absolute atomic E-state index is 12.3. The number of carbonyl (C=O) groups excluding carboxylic acids is 1. The van der Waals surface area contributed by atoms with Crippen molar-refractivity contribution in [1.29, 1.82) is 0 Å². The minimum Gasteiger partial charge on any atom is -0.312 e. The van der Waals surface area contributed by atoms with Crippen molar-refractivity contribution in [2.45, 2.75) is 50.8 Å². The Balaban J connectivity index is 2.52. The molecule has 0 fully saturated rings. The fraction of sp³-hybridized carbons (Fsp3) is 0.562. The minimum absolute atomic E-state index is 0.0831. The highest BCUT2D eigenvalue weighted by Crippen LogP contribution is 2.41. The molecule has 1 amide bonds. The zero-order valence-electron chi connectivity index (χ0n) is 13.6. The van der Waals surface area contributed by atoms with Crippen molar-refractivity contribution in [3.05, 3.63) is 23.8 Å². The predicted molar refractivity (Wildman–Crippen MR) is 87.6 cm³/mol. The van der Waals surface area contributed by atoms with Gasteiger partial charge < -0.3 is 4.90 Å². The van der Waals surface area contributed by atoms with Crippen LogP contribution in [0.2, 0.25) is 0 Å². The van der Waals surface area contributed by atoms with Crippen LogP contribution < -0.4 is 9.62 Å². The average Bonchev–Trinajstić information content (AvgIpc) is 2.44. The molecule has 0 spiro atoms. The summed E-state index contributed by atoms with van der Waals surface area (Å²) in [5.74, 6) is 0.0831. The monoisotopic (exact) mass is 324 g/mol. The fourth-order valence-corrected chi connectivity index (χ4v) is 3.99. The summed E-state index contributed by atoms with van der Waals surface area (Å²) in [6.07, 6.45) is 1.13. The molecule has 1 heterocycles. The van der Waals surface area contributed by atoms with E-state index in [2.05, 4.69) is 4.72 Å². The average molecular weight is 324 g/mol. The molecule has 0 radical (unpaired) electrons. The number of hydrogen-bond donors (Lipinski definition) is 1. The van der Waals surface area contributed by atoms with Gasteiger partial charge in [-0.25, -0.2) is 13.1 Å². The third-order valence-corrected chi connectivity index (χ3v) is 5.51. The molecule has 0 unspecified atom stereocenters. The van der Waals surface area contributed by atoms with Gasteiger partial charge in [-0.3, -0.25) is 4.79 Å². The largest absolute Gasteiger partial charge is 0.312 e. The van der Waals surface area contributed by atoms with E-state index in [1.165, 1.54) is 0 Å². The van der Waals surface area contributed by atoms with Crippen LogP contribution in [0, 0.1) is 0 Å². The summed E-state index contributed by atoms with van der Waals surface area (Å²) in [6.45, 7) is 8.81. The zero-order chi connectivity index (χ0) is 16.5. The lowest BCUT2D eigenvalue weighted by atomic mass is 9.77. The Morgan fingerprint density at radius 3 is 2.55 bits per heavy atom. The van der Waals surface area contributed by atoms with Gasteiger partial charge in [0.05, 0.1) is 4.90 Å². The number of benzene rings is 1. The summed E-state index contributed by atoms with van der Waals surface area (Å²) in [5.41, 5.74) is 1.36. The molecule has 0 aliphatic carbocycles. The van der Waals surface area contributed by atoms with Crippen molar-refractivity contribution in [2.75, 3.05) is 18.0 Å². The zero-order valence-corrected chi connectivity index (χ0v) is 14.5. The lowest BCUT2D eigenvalue weighted by molar-refractivity contribution is -0.120. The lowest BCUT2D eigenvalue weighted by Crippen LogP contribution is -2.42. The molecule has 1 aromatic carbocycles. The molecule has 0 atom stereocenters. The third-order valence-electron chi connectivity index (χ3n) is 4.05. The van der Waals surface area contributed by atoms with E-state index in [0.29, 0.717) is 19.5 Å². The maximum atomic E-state index is 12.3. The Hall–Kier alpha value is -1.40. The Morgan fingerprint density at radius 2 is 1.95 bits per heavy atom. The van der Waals surface area contributed by atoms with Gasteiger partial charge in [0.1, 0.15) is 0 Å². The van der Waals surface area contributed by atoms with Gasteiger partial charge in [-0.1, -0.05) is 20.8 Å². The highest BCUT2D eigenvalue weighted by molar-refractivity contribution is 7.89. The molecular weight excluding hydrogens is 300 g/mol. The molecule has 122 valence electrons. The van der Waals surface area contributed by atoms with E-state index in [-0.39, 0.29) is 16.2 Å². The SMILES string of the molecule is CCCNS(=O)(=O)c1ccc2c(c1)C(C)(C)CC(=O)N2CC. The van der Waals surface area contributed by atoms with Crippen LogP contribution in [0.4, 0.5) is 5.69 Å². The van der Waals surface area contributed by atoms with Gasteiger partial charge in [-0.2, -0.15) is 0 Å². The number of nitrogens with zero attached hydrogens (tertiary/aromatic N) is 1. The molecular formula is C16H24N2O3S. The Kier molecular flexibility index (Phi) is 4.63. The van der Waals surface area contributed by atoms with Crippen molar-refractivity contribution in [3.8, 4) is 0 Å². The van der Waals surface area contributed by atoms with Gasteiger partial charge in [0.25, 0.3) is 0 Å². The molecule has 0 aromatic heterocycles. The number of anilines is 1. The second-order valence-corrected chi connectivity index (χ2v) is 8.04. The minimum atomic E-state index is -3.50. The molecule has 1 aromatic rings. The van der Waals surface area contributed by atoms with Crippen LogP contribution in [0.1, 0.15) is 46.1 Å². The van der Waals surface area contributed by atoms with Crippen LogP contribution in [0.3, 0.4) is 0 Å². The lowest BCUT2D eigenvalue weighted by Gasteiger charge is -2.38. The first kappa shape index (κ1) is 17.0. The molecule has 1 aliphatic heterocycles. The van der Waals surface area contributed by atoms with E-state index in [1.807, 2.05) is 27.7 Å². The second-order valence-electron chi connectivity index (χ2n) is 6.28. The van der Waals surface area contributed by atoms with Crippen LogP contribution in [0.5, 0.6) is 0 Å². The van der Waals surface area contributed by atoms with Crippen molar-refractivity contribution in [2.24, 2.45) is 0 Å². The van der Waals surface area contributed by atoms with Gasteiger partial charge in [-0.05, 0) is 37.1 Å². The van der Waals surface area contributed by atoms with E-state index < -0.39 is 10.0 Å². The van der Waals surface area contributed by atoms with Crippen molar-refractivity contribution < 1.29 is 13.2 Å². The standard InChI is InChI=1S/C16H24N2O3S/c1-5-9-17-22(20,21)12-7-8-14-13(10-12)16(3,4)11-15(19)18(14)6-2/h7-8,10,17H,5-6,9,11H2,1-4H3. The molecule has 1 aliphatic rings. The summed E-state index contributed by atoms with van der Waals surface area (Å²) in [6, 6.07) is 5.04. The fourth-order valence-electron chi connectivity index (χ4n) is 2.83. The molecule has 1 N–H and O–H groups in total. The number of hydrogen-bond acceptors (Lipinski definition) is 3. The Morgan fingerprint density at radius 1 is 1.27 bits per heavy atom. The molecule has 6 heteroatoms. The van der Waals surface area contributed by atoms with Crippen molar-refractivity contribution in [3.63, 3.8) is 0 Å². The molecule has 0 saturated carbocycles. The highest BCUT2D eigenvalue weighted by Gasteiger charge is 2.36. The number of fused-ring (bicyclic) bond motifs is 1. The Labute approximate surface area is 132 Å². The molecule has 0 saturated heterocycles. The first-order valence-corrected chi connectivity index (χ1v) is 9.16. The number of carbonyl (C=O) groups is 1. The third kappa shape index (κ3) is 3.03. The summed E-state index contributed by atoms with van der Waals surface area (Å²) >= 11 is 0. The number of amides is 1. The highest BCUT2D eigenvalue weighted by atomic mass is 32.2. The summed E-state index contributed by atoms with van der Waals surface area (Å²) in [7, 11) is -3.50. The number of nitrogens with one attached hydrogen (secondary N) is 1. The summed E-state index contributed by atoms with van der Waals surface area (Å²) in [5, 5.41) is 0. The van der Waals surface area contributed by atoms with Crippen LogP contribution in [0.25, 0.3) is 0 Å². The van der Waals surface area contributed by atoms with Gasteiger partial charge >= 0.3 is 0 Å². The smallest absolute Gasteiger partial charge is 0.240 e. The second kappa shape index (κ2) is 6.01. The van der Waals surface area contributed by atoms with E-state index in [9.17, 15) is 13.2 Å². The van der Waals surface area contributed by atoms with Gasteiger partial charge in [0.2, 0.25) is 15.9 Å². The van der Waals surface area contributed by atoms with Crippen LogP contribution in [-0.2, 0) is 20.2 Å². The normalized spacial score (nSPS) is 17.5. The van der Waals surface area contributed by atoms with Crippen LogP contribution >= 0.6 is 0 Å². The topological polar surface area (TPSA) is 66.5 Å². The number of rotatable bonds is 5. The maximum Gasteiger partial charge on any atom is 0.240 e. The quantitative estimate of drug-likeness (QED) is 0.904. The molecule has 0 bridgehead atoms. The number of sulfonamides is 1. The first-order valence-electron chi connectivity index (χ1n) is 7.67. The molecule has 5 nitrogen and oxygen atoms in total. The van der Waals surface area contributed by atoms with E-state index in [1.54, 1.807) is 23.1 Å². The van der Waals surface area contributed by atoms with Gasteiger partial charge in [0.15, 0.2) is 0 Å². The van der Waals surface area contributed by atoms with Crippen LogP contribution in [0.15, 0.2) is 23.1 Å². The van der Waals surface area contributed by atoms with Crippen LogP contribution in [-0.4, -0.2) is 27.4 Å². The van der Waals surface area contributed by atoms with Crippen molar-refractivity contribution >= 4 is 21.6 Å².